The van der Waals surface area contributed by atoms with Gasteiger partial charge in [0.05, 0.1) is 5.92 Å². The molecule has 1 aliphatic carbocycles. The zero-order valence-corrected chi connectivity index (χ0v) is 10.1. The van der Waals surface area contributed by atoms with Gasteiger partial charge in [-0.3, -0.25) is 9.59 Å². The predicted octanol–water partition coefficient (Wildman–Crippen LogP) is 0.293. The third-order valence-corrected chi connectivity index (χ3v) is 3.92. The highest BCUT2D eigenvalue weighted by molar-refractivity contribution is 5.79. The lowest BCUT2D eigenvalue weighted by molar-refractivity contribution is -0.142. The molecule has 1 amide bonds. The molecule has 0 spiro atoms. The number of nitrogens with zero attached hydrogens (tertiary/aromatic N) is 1. The summed E-state index contributed by atoms with van der Waals surface area (Å²) < 4.78 is 0. The second-order valence-corrected chi connectivity index (χ2v) is 5.43. The fourth-order valence-corrected chi connectivity index (χ4v) is 2.51. The summed E-state index contributed by atoms with van der Waals surface area (Å²) in [6, 6.07) is -0.0401. The molecule has 0 aromatic heterocycles. The molecule has 2 fully saturated rings. The molecule has 5 heteroatoms. The highest BCUT2D eigenvalue weighted by Crippen LogP contribution is 2.33. The van der Waals surface area contributed by atoms with Crippen molar-refractivity contribution in [3.05, 3.63) is 0 Å². The molecule has 5 nitrogen and oxygen atoms in total. The van der Waals surface area contributed by atoms with Crippen molar-refractivity contribution in [2.45, 2.75) is 32.2 Å². The van der Waals surface area contributed by atoms with Crippen LogP contribution in [0.15, 0.2) is 0 Å². The zero-order chi connectivity index (χ0) is 12.6. The average Bonchev–Trinajstić information content (AvgIpc) is 3.01. The lowest BCUT2D eigenvalue weighted by Crippen LogP contribution is -2.36. The Balaban J connectivity index is 1.86. The summed E-state index contributed by atoms with van der Waals surface area (Å²) in [4.78, 5) is 24.6. The summed E-state index contributed by atoms with van der Waals surface area (Å²) in [5.74, 6) is -0.668. The van der Waals surface area contributed by atoms with Gasteiger partial charge in [0, 0.05) is 25.6 Å². The number of hydrogen-bond acceptors (Lipinski definition) is 3. The van der Waals surface area contributed by atoms with E-state index in [0.29, 0.717) is 25.4 Å². The Morgan fingerprint density at radius 2 is 2.06 bits per heavy atom. The van der Waals surface area contributed by atoms with E-state index in [0.717, 1.165) is 12.8 Å². The standard InChI is InChI=1S/C12H20N2O3/c1-7-5-14(6-9(7)12(16)17)11(15)4-10(13)8-2-3-8/h7-10H,2-6,13H2,1H3,(H,16,17). The van der Waals surface area contributed by atoms with Crippen molar-refractivity contribution in [1.29, 1.82) is 0 Å². The number of rotatable bonds is 4. The van der Waals surface area contributed by atoms with Crippen molar-refractivity contribution in [3.8, 4) is 0 Å². The molecule has 1 aliphatic heterocycles. The topological polar surface area (TPSA) is 83.6 Å². The first-order valence-electron chi connectivity index (χ1n) is 6.25. The second-order valence-electron chi connectivity index (χ2n) is 5.43. The molecule has 3 unspecified atom stereocenters. The fourth-order valence-electron chi connectivity index (χ4n) is 2.51. The van der Waals surface area contributed by atoms with Crippen molar-refractivity contribution in [3.63, 3.8) is 0 Å². The SMILES string of the molecule is CC1CN(C(=O)CC(N)C2CC2)CC1C(=O)O. The second kappa shape index (κ2) is 4.64. The van der Waals surface area contributed by atoms with Gasteiger partial charge in [0.25, 0.3) is 0 Å². The molecule has 0 radical (unpaired) electrons. The largest absolute Gasteiger partial charge is 0.481 e. The van der Waals surface area contributed by atoms with Crippen LogP contribution in [-0.2, 0) is 9.59 Å². The maximum Gasteiger partial charge on any atom is 0.308 e. The van der Waals surface area contributed by atoms with Gasteiger partial charge in [-0.25, -0.2) is 0 Å². The van der Waals surface area contributed by atoms with Crippen molar-refractivity contribution < 1.29 is 14.7 Å². The number of carbonyl (C=O) groups is 2. The minimum Gasteiger partial charge on any atom is -0.481 e. The summed E-state index contributed by atoms with van der Waals surface area (Å²) in [6.07, 6.45) is 2.62. The van der Waals surface area contributed by atoms with Crippen LogP contribution in [0.5, 0.6) is 0 Å². The highest BCUT2D eigenvalue weighted by Gasteiger charge is 2.38. The van der Waals surface area contributed by atoms with Crippen LogP contribution < -0.4 is 5.73 Å². The Hall–Kier alpha value is -1.10. The predicted molar refractivity (Wildman–Crippen MR) is 62.2 cm³/mol. The zero-order valence-electron chi connectivity index (χ0n) is 10.1. The Labute approximate surface area is 101 Å². The third kappa shape index (κ3) is 2.77. The van der Waals surface area contributed by atoms with Crippen LogP contribution in [0, 0.1) is 17.8 Å². The van der Waals surface area contributed by atoms with Crippen molar-refractivity contribution >= 4 is 11.9 Å². The van der Waals surface area contributed by atoms with Gasteiger partial charge in [0.1, 0.15) is 0 Å². The van der Waals surface area contributed by atoms with Gasteiger partial charge in [-0.15, -0.1) is 0 Å². The summed E-state index contributed by atoms with van der Waals surface area (Å²) in [5, 5.41) is 9.00. The molecule has 2 rings (SSSR count). The molecule has 0 bridgehead atoms. The van der Waals surface area contributed by atoms with Crippen LogP contribution in [-0.4, -0.2) is 41.0 Å². The first kappa shape index (κ1) is 12.4. The number of likely N-dealkylation sites (tertiary alicyclic amines) is 1. The Morgan fingerprint density at radius 3 is 2.53 bits per heavy atom. The molecule has 2 aliphatic rings. The smallest absolute Gasteiger partial charge is 0.308 e. The number of nitrogens with two attached hydrogens (primary N) is 1. The number of carbonyl (C=O) groups excluding carboxylic acids is 1. The number of carboxylic acids is 1. The van der Waals surface area contributed by atoms with Crippen LogP contribution >= 0.6 is 0 Å². The maximum absolute atomic E-state index is 12.0. The van der Waals surface area contributed by atoms with Crippen LogP contribution in [0.1, 0.15) is 26.2 Å². The maximum atomic E-state index is 12.0. The van der Waals surface area contributed by atoms with Crippen LogP contribution in [0.4, 0.5) is 0 Å². The minimum atomic E-state index is -0.806. The highest BCUT2D eigenvalue weighted by atomic mass is 16.4. The molecule has 1 saturated carbocycles. The molecule has 96 valence electrons. The molecule has 1 saturated heterocycles. The van der Waals surface area contributed by atoms with E-state index in [-0.39, 0.29) is 17.9 Å². The average molecular weight is 240 g/mol. The molecule has 1 heterocycles. The number of hydrogen-bond donors (Lipinski definition) is 2. The molecule has 3 atom stereocenters. The first-order chi connectivity index (χ1) is 7.99. The molecule has 0 aromatic rings. The van der Waals surface area contributed by atoms with E-state index in [1.54, 1.807) is 4.90 Å². The third-order valence-electron chi connectivity index (χ3n) is 3.92. The van der Waals surface area contributed by atoms with Gasteiger partial charge in [0.2, 0.25) is 5.91 Å². The van der Waals surface area contributed by atoms with E-state index in [2.05, 4.69) is 0 Å². The van der Waals surface area contributed by atoms with Crippen molar-refractivity contribution in [2.75, 3.05) is 13.1 Å². The van der Waals surface area contributed by atoms with E-state index in [9.17, 15) is 9.59 Å². The van der Waals surface area contributed by atoms with E-state index in [4.69, 9.17) is 10.8 Å². The molecule has 17 heavy (non-hydrogen) atoms. The van der Waals surface area contributed by atoms with Crippen molar-refractivity contribution in [1.82, 2.24) is 4.90 Å². The Kier molecular flexibility index (Phi) is 3.38. The Bertz CT molecular complexity index is 328. The lowest BCUT2D eigenvalue weighted by Gasteiger charge is -2.18. The summed E-state index contributed by atoms with van der Waals surface area (Å²) in [7, 11) is 0. The van der Waals surface area contributed by atoms with Gasteiger partial charge < -0.3 is 15.7 Å². The number of carboxylic acid groups (broad SMARTS) is 1. The minimum absolute atomic E-state index is 0.0139. The van der Waals surface area contributed by atoms with Crippen LogP contribution in [0.3, 0.4) is 0 Å². The van der Waals surface area contributed by atoms with Gasteiger partial charge in [0.15, 0.2) is 0 Å². The number of amides is 1. The van der Waals surface area contributed by atoms with Gasteiger partial charge in [-0.2, -0.15) is 0 Å². The molecule has 3 N–H and O–H groups in total. The fraction of sp³-hybridized carbons (Fsp3) is 0.833. The van der Waals surface area contributed by atoms with Crippen LogP contribution in [0.2, 0.25) is 0 Å². The first-order valence-corrected chi connectivity index (χ1v) is 6.25. The molecular formula is C12H20N2O3. The summed E-state index contributed by atoms with van der Waals surface area (Å²) in [5.41, 5.74) is 5.91. The van der Waals surface area contributed by atoms with Gasteiger partial charge in [-0.05, 0) is 24.7 Å². The monoisotopic (exact) mass is 240 g/mol. The summed E-state index contributed by atoms with van der Waals surface area (Å²) >= 11 is 0. The van der Waals surface area contributed by atoms with Crippen LogP contribution in [0.25, 0.3) is 0 Å². The van der Waals surface area contributed by atoms with E-state index >= 15 is 0 Å². The van der Waals surface area contributed by atoms with E-state index in [1.165, 1.54) is 0 Å². The van der Waals surface area contributed by atoms with E-state index in [1.807, 2.05) is 6.92 Å². The Morgan fingerprint density at radius 1 is 1.41 bits per heavy atom. The van der Waals surface area contributed by atoms with E-state index < -0.39 is 11.9 Å². The lowest BCUT2D eigenvalue weighted by atomic mass is 9.99. The number of aliphatic carboxylic acids is 1. The van der Waals surface area contributed by atoms with Crippen molar-refractivity contribution in [2.24, 2.45) is 23.5 Å². The molecule has 0 aromatic carbocycles. The van der Waals surface area contributed by atoms with Gasteiger partial charge >= 0.3 is 5.97 Å². The quantitative estimate of drug-likeness (QED) is 0.740. The molecular weight excluding hydrogens is 220 g/mol. The van der Waals surface area contributed by atoms with Gasteiger partial charge in [-0.1, -0.05) is 6.92 Å². The normalized spacial score (nSPS) is 30.4. The summed E-state index contributed by atoms with van der Waals surface area (Å²) in [6.45, 7) is 2.77.